The second-order valence-corrected chi connectivity index (χ2v) is 3.24. The third kappa shape index (κ3) is 3.25. The molecule has 0 radical (unpaired) electrons. The molecule has 0 spiro atoms. The minimum Gasteiger partial charge on any atom is -0.402 e. The van der Waals surface area contributed by atoms with Crippen molar-refractivity contribution in [2.24, 2.45) is 0 Å². The number of ether oxygens (including phenoxy) is 1. The van der Waals surface area contributed by atoms with Crippen LogP contribution in [-0.2, 0) is 5.33 Å². The van der Waals surface area contributed by atoms with E-state index in [2.05, 4.69) is 25.7 Å². The lowest BCUT2D eigenvalue weighted by Crippen LogP contribution is -2.19. The average molecular weight is 319 g/mol. The molecule has 0 fully saturated rings. The zero-order valence-electron chi connectivity index (χ0n) is 7.79. The van der Waals surface area contributed by atoms with Crippen LogP contribution in [0, 0.1) is 15.9 Å². The highest BCUT2D eigenvalue weighted by Crippen LogP contribution is 2.34. The molecule has 1 aromatic rings. The second-order valence-electron chi connectivity index (χ2n) is 2.68. The van der Waals surface area contributed by atoms with Gasteiger partial charge in [-0.25, -0.2) is 0 Å². The molecule has 94 valence electrons. The first-order valence-electron chi connectivity index (χ1n) is 3.89. The smallest absolute Gasteiger partial charge is 0.402 e. The molecule has 0 unspecified atom stereocenters. The number of alkyl halides is 4. The molecule has 1 aromatic heterocycles. The summed E-state index contributed by atoms with van der Waals surface area (Å²) in [5, 5.41) is 10.1. The molecule has 1 rings (SSSR count). The first-order valence-corrected chi connectivity index (χ1v) is 5.02. The molecular formula is C7H3BrF4N2O3. The molecule has 17 heavy (non-hydrogen) atoms. The summed E-state index contributed by atoms with van der Waals surface area (Å²) in [6.07, 6.45) is -4.85. The Morgan fingerprint density at radius 3 is 2.53 bits per heavy atom. The fourth-order valence-corrected chi connectivity index (χ4v) is 1.51. The lowest BCUT2D eigenvalue weighted by molar-refractivity contribution is -0.390. The molecule has 0 amide bonds. The van der Waals surface area contributed by atoms with Gasteiger partial charge in [0, 0.05) is 5.33 Å². The minimum absolute atomic E-state index is 0.297. The van der Waals surface area contributed by atoms with Crippen molar-refractivity contribution in [3.05, 3.63) is 27.7 Å². The molecule has 0 aliphatic heterocycles. The van der Waals surface area contributed by atoms with Crippen LogP contribution in [-0.4, -0.2) is 16.3 Å². The van der Waals surface area contributed by atoms with Gasteiger partial charge in [0.25, 0.3) is 0 Å². The largest absolute Gasteiger partial charge is 0.573 e. The van der Waals surface area contributed by atoms with Crippen LogP contribution < -0.4 is 4.74 Å². The highest BCUT2D eigenvalue weighted by Gasteiger charge is 2.36. The van der Waals surface area contributed by atoms with Crippen LogP contribution in [0.25, 0.3) is 0 Å². The molecule has 1 heterocycles. The summed E-state index contributed by atoms with van der Waals surface area (Å²) >= 11 is 2.71. The Hall–Kier alpha value is -1.45. The van der Waals surface area contributed by atoms with Crippen LogP contribution in [0.3, 0.4) is 0 Å². The summed E-state index contributed by atoms with van der Waals surface area (Å²) in [5.74, 6) is -3.58. The van der Waals surface area contributed by atoms with Crippen molar-refractivity contribution >= 4 is 21.7 Å². The number of rotatable bonds is 3. The van der Waals surface area contributed by atoms with Gasteiger partial charge in [-0.1, -0.05) is 15.9 Å². The predicted octanol–water partition coefficient (Wildman–Crippen LogP) is 2.92. The first-order chi connectivity index (χ1) is 7.76. The lowest BCUT2D eigenvalue weighted by atomic mass is 10.2. The van der Waals surface area contributed by atoms with Gasteiger partial charge in [-0.3, -0.25) is 0 Å². The number of aromatic nitrogens is 1. The van der Waals surface area contributed by atoms with Gasteiger partial charge in [-0.2, -0.15) is 4.39 Å². The van der Waals surface area contributed by atoms with Gasteiger partial charge in [-0.05, 0) is 9.91 Å². The first kappa shape index (κ1) is 13.6. The maximum atomic E-state index is 13.1. The van der Waals surface area contributed by atoms with E-state index in [1.54, 1.807) is 0 Å². The van der Waals surface area contributed by atoms with Crippen molar-refractivity contribution in [2.45, 2.75) is 11.7 Å². The number of pyridine rings is 1. The Kier molecular flexibility index (Phi) is 3.86. The molecule has 0 aromatic carbocycles. The molecule has 0 saturated heterocycles. The average Bonchev–Trinajstić information content (AvgIpc) is 2.18. The zero-order chi connectivity index (χ0) is 13.2. The topological polar surface area (TPSA) is 65.3 Å². The third-order valence-electron chi connectivity index (χ3n) is 1.59. The van der Waals surface area contributed by atoms with Gasteiger partial charge in [0.1, 0.15) is 5.56 Å². The van der Waals surface area contributed by atoms with Crippen molar-refractivity contribution in [1.29, 1.82) is 0 Å². The summed E-state index contributed by atoms with van der Waals surface area (Å²) in [6, 6.07) is 0. The van der Waals surface area contributed by atoms with Crippen LogP contribution >= 0.6 is 15.9 Å². The Morgan fingerprint density at radius 2 is 2.12 bits per heavy atom. The summed E-state index contributed by atoms with van der Waals surface area (Å²) in [6.45, 7) is 0. The number of hydrogen-bond acceptors (Lipinski definition) is 4. The predicted molar refractivity (Wildman–Crippen MR) is 50.2 cm³/mol. The zero-order valence-corrected chi connectivity index (χ0v) is 9.38. The Balaban J connectivity index is 3.35. The SMILES string of the molecule is O=[N+]([O-])c1ncc(F)c(OC(F)(F)F)c1CBr. The van der Waals surface area contributed by atoms with Gasteiger partial charge in [0.05, 0.1) is 0 Å². The van der Waals surface area contributed by atoms with E-state index >= 15 is 0 Å². The molecule has 0 aliphatic carbocycles. The number of hydrogen-bond donors (Lipinski definition) is 0. The monoisotopic (exact) mass is 318 g/mol. The fourth-order valence-electron chi connectivity index (χ4n) is 1.00. The lowest BCUT2D eigenvalue weighted by Gasteiger charge is -2.11. The number of nitrogens with zero attached hydrogens (tertiary/aromatic N) is 2. The molecular weight excluding hydrogens is 316 g/mol. The van der Waals surface area contributed by atoms with Gasteiger partial charge < -0.3 is 14.9 Å². The maximum Gasteiger partial charge on any atom is 0.573 e. The van der Waals surface area contributed by atoms with E-state index in [1.807, 2.05) is 0 Å². The summed E-state index contributed by atoms with van der Waals surface area (Å²) in [5.41, 5.74) is -0.618. The Morgan fingerprint density at radius 1 is 1.53 bits per heavy atom. The molecule has 0 atom stereocenters. The summed E-state index contributed by atoms with van der Waals surface area (Å²) in [7, 11) is 0. The number of halogens is 5. The van der Waals surface area contributed by atoms with Crippen molar-refractivity contribution in [3.63, 3.8) is 0 Å². The molecule has 5 nitrogen and oxygen atoms in total. The third-order valence-corrected chi connectivity index (χ3v) is 2.15. The number of nitro groups is 1. The Bertz CT molecular complexity index is 451. The fraction of sp³-hybridized carbons (Fsp3) is 0.286. The van der Waals surface area contributed by atoms with Gasteiger partial charge in [0.15, 0.2) is 11.9 Å². The Labute approximate surface area is 99.7 Å². The van der Waals surface area contributed by atoms with E-state index in [-0.39, 0.29) is 0 Å². The summed E-state index contributed by atoms with van der Waals surface area (Å²) < 4.78 is 52.4. The molecule has 10 heteroatoms. The van der Waals surface area contributed by atoms with Crippen molar-refractivity contribution in [2.75, 3.05) is 0 Å². The second kappa shape index (κ2) is 4.82. The van der Waals surface area contributed by atoms with Crippen LogP contribution in [0.1, 0.15) is 5.56 Å². The molecule has 0 N–H and O–H groups in total. The normalized spacial score (nSPS) is 11.4. The van der Waals surface area contributed by atoms with Gasteiger partial charge in [-0.15, -0.1) is 13.2 Å². The van der Waals surface area contributed by atoms with Gasteiger partial charge >= 0.3 is 12.2 Å². The van der Waals surface area contributed by atoms with E-state index in [0.29, 0.717) is 6.20 Å². The van der Waals surface area contributed by atoms with Gasteiger partial charge in [0.2, 0.25) is 5.82 Å². The van der Waals surface area contributed by atoms with Crippen LogP contribution in [0.5, 0.6) is 5.75 Å². The minimum atomic E-state index is -5.15. The highest BCUT2D eigenvalue weighted by atomic mass is 79.9. The van der Waals surface area contributed by atoms with E-state index in [1.165, 1.54) is 0 Å². The highest BCUT2D eigenvalue weighted by molar-refractivity contribution is 9.08. The van der Waals surface area contributed by atoms with E-state index in [0.717, 1.165) is 0 Å². The standard InChI is InChI=1S/C7H3BrF4N2O3/c8-1-3-5(17-7(10,11)12)4(9)2-13-6(3)14(15)16/h2H,1H2. The molecule has 0 aliphatic rings. The van der Waals surface area contributed by atoms with Crippen LogP contribution in [0.4, 0.5) is 23.4 Å². The van der Waals surface area contributed by atoms with Crippen LogP contribution in [0.2, 0.25) is 0 Å². The summed E-state index contributed by atoms with van der Waals surface area (Å²) in [4.78, 5) is 12.5. The molecule has 0 bridgehead atoms. The van der Waals surface area contributed by atoms with Crippen LogP contribution in [0.15, 0.2) is 6.20 Å². The van der Waals surface area contributed by atoms with E-state index in [4.69, 9.17) is 0 Å². The van der Waals surface area contributed by atoms with Crippen molar-refractivity contribution in [3.8, 4) is 5.75 Å². The quantitative estimate of drug-likeness (QED) is 0.372. The molecule has 0 saturated carbocycles. The van der Waals surface area contributed by atoms with E-state index in [9.17, 15) is 27.7 Å². The van der Waals surface area contributed by atoms with Crippen molar-refractivity contribution in [1.82, 2.24) is 4.98 Å². The van der Waals surface area contributed by atoms with E-state index < -0.39 is 39.6 Å². The maximum absolute atomic E-state index is 13.1. The van der Waals surface area contributed by atoms with Crippen molar-refractivity contribution < 1.29 is 27.2 Å².